The molecule has 1 amide bonds. The van der Waals surface area contributed by atoms with Crippen LogP contribution < -0.4 is 5.32 Å². The van der Waals surface area contributed by atoms with E-state index in [1.54, 1.807) is 0 Å². The van der Waals surface area contributed by atoms with Crippen LogP contribution in [0.1, 0.15) is 373 Å². The molecule has 72 heavy (non-hydrogen) atoms. The average molecular weight is 1020 g/mol. The maximum absolute atomic E-state index is 12.4. The van der Waals surface area contributed by atoms with Gasteiger partial charge in [0, 0.05) is 12.8 Å². The highest BCUT2D eigenvalue weighted by Gasteiger charge is 2.20. The maximum Gasteiger partial charge on any atom is 0.305 e. The topological polar surface area (TPSA) is 95.9 Å². The van der Waals surface area contributed by atoms with Crippen LogP contribution >= 0.6 is 0 Å². The summed E-state index contributed by atoms with van der Waals surface area (Å²) in [6.45, 7) is 4.95. The molecule has 2 atom stereocenters. The summed E-state index contributed by atoms with van der Waals surface area (Å²) < 4.78 is 5.49. The number of allylic oxidation sites excluding steroid dienone is 2. The number of aliphatic hydroxyl groups excluding tert-OH is 2. The second-order valence-corrected chi connectivity index (χ2v) is 22.8. The van der Waals surface area contributed by atoms with Gasteiger partial charge in [0.15, 0.2) is 0 Å². The number of hydrogen-bond donors (Lipinski definition) is 3. The quantitative estimate of drug-likeness (QED) is 0.0320. The lowest BCUT2D eigenvalue weighted by Gasteiger charge is -2.22. The van der Waals surface area contributed by atoms with E-state index in [0.29, 0.717) is 25.9 Å². The molecule has 428 valence electrons. The van der Waals surface area contributed by atoms with Crippen molar-refractivity contribution in [2.24, 2.45) is 0 Å². The molecule has 3 N–H and O–H groups in total. The fourth-order valence-corrected chi connectivity index (χ4v) is 10.5. The third-order valence-corrected chi connectivity index (χ3v) is 15.6. The number of unbranched alkanes of at least 4 members (excludes halogenated alkanes) is 49. The fraction of sp³-hybridized carbons (Fsp3) is 0.939. The first kappa shape index (κ1) is 70.6. The Hall–Kier alpha value is -1.40. The number of ether oxygens (including phenoxy) is 1. The largest absolute Gasteiger partial charge is 0.466 e. The summed E-state index contributed by atoms with van der Waals surface area (Å²) in [7, 11) is 0. The molecule has 0 rings (SSSR count). The fourth-order valence-electron chi connectivity index (χ4n) is 10.5. The van der Waals surface area contributed by atoms with Gasteiger partial charge in [-0.3, -0.25) is 9.59 Å². The zero-order valence-electron chi connectivity index (χ0n) is 48.9. The molecular formula is C66H129NO5. The molecule has 0 aromatic carbocycles. The molecule has 0 radical (unpaired) electrons. The minimum Gasteiger partial charge on any atom is -0.466 e. The van der Waals surface area contributed by atoms with Gasteiger partial charge in [0.1, 0.15) is 0 Å². The summed E-state index contributed by atoms with van der Waals surface area (Å²) in [6.07, 6.45) is 75.5. The third kappa shape index (κ3) is 57.9. The molecule has 0 bridgehead atoms. The van der Waals surface area contributed by atoms with Crippen molar-refractivity contribution in [1.29, 1.82) is 0 Å². The molecule has 0 saturated heterocycles. The summed E-state index contributed by atoms with van der Waals surface area (Å²) >= 11 is 0. The minimum absolute atomic E-state index is 0.0133. The van der Waals surface area contributed by atoms with Crippen molar-refractivity contribution in [3.05, 3.63) is 12.2 Å². The number of carbonyl (C=O) groups is 2. The zero-order valence-corrected chi connectivity index (χ0v) is 48.9. The standard InChI is InChI=1S/C66H129NO5/c1-3-5-7-9-11-13-14-15-16-34-37-40-44-48-52-56-60-66(71)72-61-57-53-49-45-41-38-35-32-30-28-26-24-22-20-18-17-19-21-23-25-27-29-31-33-36-39-43-47-51-55-59-65(70)67-63(62-68)64(69)58-54-50-46-42-12-10-8-6-4-2/h16,34,63-64,68-69H,3-15,17-33,35-62H2,1-2H3,(H,67,70)/b34-16-. The Bertz CT molecular complexity index is 1080. The number of hydrogen-bond acceptors (Lipinski definition) is 5. The van der Waals surface area contributed by atoms with Crippen LogP contribution in [0, 0.1) is 0 Å². The van der Waals surface area contributed by atoms with Gasteiger partial charge in [-0.05, 0) is 51.4 Å². The lowest BCUT2D eigenvalue weighted by molar-refractivity contribution is -0.143. The molecule has 6 nitrogen and oxygen atoms in total. The van der Waals surface area contributed by atoms with Crippen molar-refractivity contribution in [3.8, 4) is 0 Å². The summed E-state index contributed by atoms with van der Waals surface area (Å²) in [5, 5.41) is 23.1. The van der Waals surface area contributed by atoms with Crippen molar-refractivity contribution in [2.75, 3.05) is 13.2 Å². The monoisotopic (exact) mass is 1020 g/mol. The molecule has 0 aliphatic rings. The van der Waals surface area contributed by atoms with Gasteiger partial charge in [0.2, 0.25) is 5.91 Å². The maximum atomic E-state index is 12.4. The summed E-state index contributed by atoms with van der Waals surface area (Å²) in [5.74, 6) is -0.0185. The van der Waals surface area contributed by atoms with Crippen LogP contribution in [0.4, 0.5) is 0 Å². The predicted molar refractivity (Wildman–Crippen MR) is 315 cm³/mol. The summed E-state index contributed by atoms with van der Waals surface area (Å²) in [5.41, 5.74) is 0. The van der Waals surface area contributed by atoms with E-state index >= 15 is 0 Å². The number of carbonyl (C=O) groups excluding carboxylic acids is 2. The molecular weight excluding hydrogens is 887 g/mol. The molecule has 0 aromatic rings. The van der Waals surface area contributed by atoms with E-state index in [4.69, 9.17) is 4.74 Å². The van der Waals surface area contributed by atoms with E-state index in [2.05, 4.69) is 31.3 Å². The molecule has 0 aliphatic carbocycles. The smallest absolute Gasteiger partial charge is 0.305 e. The van der Waals surface area contributed by atoms with Crippen molar-refractivity contribution in [2.45, 2.75) is 386 Å². The summed E-state index contributed by atoms with van der Waals surface area (Å²) in [6, 6.07) is -0.535. The number of aliphatic hydroxyl groups is 2. The minimum atomic E-state index is -0.658. The Morgan fingerprint density at radius 3 is 0.986 bits per heavy atom. The van der Waals surface area contributed by atoms with Gasteiger partial charge in [0.05, 0.1) is 25.4 Å². The normalized spacial score (nSPS) is 12.6. The Morgan fingerprint density at radius 1 is 0.375 bits per heavy atom. The van der Waals surface area contributed by atoms with Gasteiger partial charge >= 0.3 is 5.97 Å². The van der Waals surface area contributed by atoms with Crippen LogP contribution in [-0.2, 0) is 14.3 Å². The number of amides is 1. The highest BCUT2D eigenvalue weighted by Crippen LogP contribution is 2.19. The van der Waals surface area contributed by atoms with Crippen molar-refractivity contribution in [3.63, 3.8) is 0 Å². The van der Waals surface area contributed by atoms with E-state index in [9.17, 15) is 19.8 Å². The summed E-state index contributed by atoms with van der Waals surface area (Å²) in [4.78, 5) is 24.5. The van der Waals surface area contributed by atoms with Gasteiger partial charge < -0.3 is 20.3 Å². The van der Waals surface area contributed by atoms with Gasteiger partial charge in [-0.2, -0.15) is 0 Å². The lowest BCUT2D eigenvalue weighted by atomic mass is 10.0. The Kier molecular flexibility index (Phi) is 60.9. The van der Waals surface area contributed by atoms with E-state index in [1.807, 2.05) is 0 Å². The molecule has 0 spiro atoms. The van der Waals surface area contributed by atoms with Crippen LogP contribution in [0.5, 0.6) is 0 Å². The van der Waals surface area contributed by atoms with Crippen molar-refractivity contribution < 1.29 is 24.5 Å². The number of esters is 1. The first-order chi connectivity index (χ1) is 35.5. The van der Waals surface area contributed by atoms with Gasteiger partial charge in [-0.25, -0.2) is 0 Å². The lowest BCUT2D eigenvalue weighted by Crippen LogP contribution is -2.45. The second kappa shape index (κ2) is 62.1. The van der Waals surface area contributed by atoms with Crippen LogP contribution in [0.15, 0.2) is 12.2 Å². The van der Waals surface area contributed by atoms with Crippen molar-refractivity contribution >= 4 is 11.9 Å². The van der Waals surface area contributed by atoms with Crippen LogP contribution in [-0.4, -0.2) is 47.4 Å². The first-order valence-corrected chi connectivity index (χ1v) is 32.9. The van der Waals surface area contributed by atoms with Gasteiger partial charge in [-0.1, -0.05) is 321 Å². The average Bonchev–Trinajstić information content (AvgIpc) is 3.38. The van der Waals surface area contributed by atoms with E-state index in [-0.39, 0.29) is 18.5 Å². The Morgan fingerprint density at radius 2 is 0.653 bits per heavy atom. The van der Waals surface area contributed by atoms with E-state index in [1.165, 1.54) is 295 Å². The second-order valence-electron chi connectivity index (χ2n) is 22.8. The molecule has 6 heteroatoms. The van der Waals surface area contributed by atoms with Gasteiger partial charge in [-0.15, -0.1) is 0 Å². The number of nitrogens with one attached hydrogen (secondary N) is 1. The van der Waals surface area contributed by atoms with Crippen LogP contribution in [0.2, 0.25) is 0 Å². The predicted octanol–water partition coefficient (Wildman–Crippen LogP) is 20.8. The Balaban J connectivity index is 3.29. The van der Waals surface area contributed by atoms with E-state index < -0.39 is 12.1 Å². The molecule has 0 aliphatic heterocycles. The highest BCUT2D eigenvalue weighted by molar-refractivity contribution is 5.76. The van der Waals surface area contributed by atoms with Crippen LogP contribution in [0.3, 0.4) is 0 Å². The molecule has 0 heterocycles. The highest BCUT2D eigenvalue weighted by atomic mass is 16.5. The SMILES string of the molecule is CCCCCCCCC/C=C\CCCCCCCC(=O)OCCCCCCCCCCCCCCCCCCCCCCCCCCCCCCCCC(=O)NC(CO)C(O)CCCCCCCCCCC. The van der Waals surface area contributed by atoms with Crippen molar-refractivity contribution in [1.82, 2.24) is 5.32 Å². The first-order valence-electron chi connectivity index (χ1n) is 32.9. The molecule has 0 fully saturated rings. The van der Waals surface area contributed by atoms with Crippen LogP contribution in [0.25, 0.3) is 0 Å². The molecule has 2 unspecified atom stereocenters. The zero-order chi connectivity index (χ0) is 52.2. The van der Waals surface area contributed by atoms with E-state index in [0.717, 1.165) is 44.9 Å². The Labute approximate surface area is 450 Å². The number of rotatable bonds is 62. The molecule has 0 saturated carbocycles. The molecule has 0 aromatic heterocycles. The third-order valence-electron chi connectivity index (χ3n) is 15.6. The van der Waals surface area contributed by atoms with Gasteiger partial charge in [0.25, 0.3) is 0 Å².